The van der Waals surface area contributed by atoms with E-state index >= 15 is 0 Å². The lowest BCUT2D eigenvalue weighted by molar-refractivity contribution is -0.123. The van der Waals surface area contributed by atoms with E-state index in [1.807, 2.05) is 0 Å². The molecule has 2 rings (SSSR count). The molecule has 0 saturated heterocycles. The second-order valence-corrected chi connectivity index (χ2v) is 6.61. The van der Waals surface area contributed by atoms with Gasteiger partial charge in [-0.2, -0.15) is 0 Å². The van der Waals surface area contributed by atoms with Gasteiger partial charge in [-0.05, 0) is 30.9 Å². The maximum atomic E-state index is 11.7. The van der Waals surface area contributed by atoms with Crippen LogP contribution in [0.15, 0.2) is 12.1 Å². The quantitative estimate of drug-likeness (QED) is 0.809. The number of rotatable bonds is 7. The van der Waals surface area contributed by atoms with E-state index in [2.05, 4.69) is 36.6 Å². The van der Waals surface area contributed by atoms with Gasteiger partial charge in [0.05, 0.1) is 6.54 Å². The molecule has 0 aromatic carbocycles. The zero-order chi connectivity index (χ0) is 14.5. The first-order valence-electron chi connectivity index (χ1n) is 7.22. The number of hydrogen-bond donors (Lipinski definition) is 2. The van der Waals surface area contributed by atoms with Crippen LogP contribution in [0.3, 0.4) is 0 Å². The third kappa shape index (κ3) is 4.34. The standard InChI is InChI=1S/C15H22N2O2S/c1-3-11-4-5-12(20-11)9-17-14(18)6-7-16-15(19)13-8-10(13)2/h4-5,10,13H,3,6-9H2,1-2H3,(H,16,19)(H,17,18)/t10-,13-/m1/s1. The molecule has 1 fully saturated rings. The molecule has 2 amide bonds. The van der Waals surface area contributed by atoms with Crippen molar-refractivity contribution in [3.8, 4) is 0 Å². The molecule has 1 aromatic heterocycles. The van der Waals surface area contributed by atoms with Crippen molar-refractivity contribution in [3.05, 3.63) is 21.9 Å². The molecule has 0 radical (unpaired) electrons. The molecule has 1 aromatic rings. The summed E-state index contributed by atoms with van der Waals surface area (Å²) in [5.74, 6) is 0.767. The van der Waals surface area contributed by atoms with Gasteiger partial charge in [0.25, 0.3) is 0 Å². The molecule has 2 atom stereocenters. The lowest BCUT2D eigenvalue weighted by Crippen LogP contribution is -2.31. The molecule has 20 heavy (non-hydrogen) atoms. The Kier molecular flexibility index (Phi) is 5.17. The minimum Gasteiger partial charge on any atom is -0.355 e. The smallest absolute Gasteiger partial charge is 0.223 e. The number of nitrogens with one attached hydrogen (secondary N) is 2. The molecule has 5 heteroatoms. The largest absolute Gasteiger partial charge is 0.355 e. The number of amides is 2. The Morgan fingerprint density at radius 1 is 1.30 bits per heavy atom. The van der Waals surface area contributed by atoms with Gasteiger partial charge in [0.1, 0.15) is 0 Å². The molecule has 0 unspecified atom stereocenters. The molecule has 2 N–H and O–H groups in total. The van der Waals surface area contributed by atoms with Crippen LogP contribution in [0.25, 0.3) is 0 Å². The molecule has 0 spiro atoms. The number of hydrogen-bond acceptors (Lipinski definition) is 3. The number of thiophene rings is 1. The fraction of sp³-hybridized carbons (Fsp3) is 0.600. The molecular formula is C15H22N2O2S. The second-order valence-electron chi connectivity index (χ2n) is 5.36. The first kappa shape index (κ1) is 15.0. The Balaban J connectivity index is 1.59. The van der Waals surface area contributed by atoms with Crippen LogP contribution in [0.1, 0.15) is 36.4 Å². The highest BCUT2D eigenvalue weighted by Gasteiger charge is 2.38. The zero-order valence-electron chi connectivity index (χ0n) is 12.1. The minimum absolute atomic E-state index is 0.0133. The molecular weight excluding hydrogens is 272 g/mol. The average molecular weight is 294 g/mol. The van der Waals surface area contributed by atoms with Crippen LogP contribution in [-0.4, -0.2) is 18.4 Å². The fourth-order valence-electron chi connectivity index (χ4n) is 2.10. The second kappa shape index (κ2) is 6.88. The Bertz CT molecular complexity index is 484. The van der Waals surface area contributed by atoms with Crippen LogP contribution < -0.4 is 10.6 Å². The summed E-state index contributed by atoms with van der Waals surface area (Å²) in [6.45, 7) is 5.20. The Morgan fingerprint density at radius 2 is 2.00 bits per heavy atom. The molecule has 1 aliphatic carbocycles. The molecule has 4 nitrogen and oxygen atoms in total. The van der Waals surface area contributed by atoms with E-state index < -0.39 is 0 Å². The highest BCUT2D eigenvalue weighted by molar-refractivity contribution is 7.11. The van der Waals surface area contributed by atoms with Gasteiger partial charge >= 0.3 is 0 Å². The maximum Gasteiger partial charge on any atom is 0.223 e. The van der Waals surface area contributed by atoms with Crippen molar-refractivity contribution in [1.29, 1.82) is 0 Å². The fourth-order valence-corrected chi connectivity index (χ4v) is 3.00. The monoisotopic (exact) mass is 294 g/mol. The van der Waals surface area contributed by atoms with Crippen molar-refractivity contribution >= 4 is 23.2 Å². The lowest BCUT2D eigenvalue weighted by Gasteiger charge is -2.05. The highest BCUT2D eigenvalue weighted by atomic mass is 32.1. The van der Waals surface area contributed by atoms with E-state index in [1.165, 1.54) is 9.75 Å². The van der Waals surface area contributed by atoms with Gasteiger partial charge < -0.3 is 10.6 Å². The summed E-state index contributed by atoms with van der Waals surface area (Å²) >= 11 is 1.73. The Morgan fingerprint density at radius 3 is 2.60 bits per heavy atom. The topological polar surface area (TPSA) is 58.2 Å². The number of carbonyl (C=O) groups is 2. The van der Waals surface area contributed by atoms with Crippen molar-refractivity contribution in [3.63, 3.8) is 0 Å². The summed E-state index contributed by atoms with van der Waals surface area (Å²) in [5.41, 5.74) is 0. The maximum absolute atomic E-state index is 11.7. The van der Waals surface area contributed by atoms with Gasteiger partial charge in [-0.25, -0.2) is 0 Å². The van der Waals surface area contributed by atoms with Gasteiger partial charge in [0.15, 0.2) is 0 Å². The van der Waals surface area contributed by atoms with Crippen LogP contribution in [0.5, 0.6) is 0 Å². The summed E-state index contributed by atoms with van der Waals surface area (Å²) in [4.78, 5) is 25.7. The number of carbonyl (C=O) groups excluding carboxylic acids is 2. The van der Waals surface area contributed by atoms with E-state index in [9.17, 15) is 9.59 Å². The van der Waals surface area contributed by atoms with Gasteiger partial charge in [-0.3, -0.25) is 9.59 Å². The summed E-state index contributed by atoms with van der Waals surface area (Å²) < 4.78 is 0. The van der Waals surface area contributed by atoms with Gasteiger partial charge in [0, 0.05) is 28.6 Å². The molecule has 0 bridgehead atoms. The van der Waals surface area contributed by atoms with E-state index in [4.69, 9.17) is 0 Å². The molecule has 1 saturated carbocycles. The minimum atomic E-state index is -0.0133. The first-order chi connectivity index (χ1) is 9.60. The van der Waals surface area contributed by atoms with E-state index in [0.29, 0.717) is 25.4 Å². The van der Waals surface area contributed by atoms with E-state index in [1.54, 1.807) is 11.3 Å². The predicted molar refractivity (Wildman–Crippen MR) is 80.4 cm³/mol. The summed E-state index contributed by atoms with van der Waals surface area (Å²) in [6.07, 6.45) is 2.36. The first-order valence-corrected chi connectivity index (χ1v) is 8.03. The van der Waals surface area contributed by atoms with Crippen molar-refractivity contribution in [2.45, 2.75) is 39.7 Å². The van der Waals surface area contributed by atoms with Crippen molar-refractivity contribution < 1.29 is 9.59 Å². The van der Waals surface area contributed by atoms with Gasteiger partial charge in [-0.15, -0.1) is 11.3 Å². The third-order valence-electron chi connectivity index (χ3n) is 3.62. The van der Waals surface area contributed by atoms with Crippen molar-refractivity contribution in [2.24, 2.45) is 11.8 Å². The highest BCUT2D eigenvalue weighted by Crippen LogP contribution is 2.37. The summed E-state index contributed by atoms with van der Waals surface area (Å²) in [7, 11) is 0. The van der Waals surface area contributed by atoms with Crippen LogP contribution in [0.2, 0.25) is 0 Å². The van der Waals surface area contributed by atoms with Gasteiger partial charge in [0.2, 0.25) is 11.8 Å². The molecule has 1 aliphatic rings. The average Bonchev–Trinajstić information content (AvgIpc) is 3.00. The molecule has 110 valence electrons. The van der Waals surface area contributed by atoms with Crippen LogP contribution in [-0.2, 0) is 22.6 Å². The lowest BCUT2D eigenvalue weighted by atomic mass is 10.3. The van der Waals surface area contributed by atoms with Gasteiger partial charge in [-0.1, -0.05) is 13.8 Å². The Hall–Kier alpha value is -1.36. The van der Waals surface area contributed by atoms with Crippen LogP contribution in [0, 0.1) is 11.8 Å². The normalized spacial score (nSPS) is 20.5. The summed E-state index contributed by atoms with van der Waals surface area (Å²) in [5, 5.41) is 5.70. The van der Waals surface area contributed by atoms with E-state index in [0.717, 1.165) is 12.8 Å². The molecule has 1 heterocycles. The number of aryl methyl sites for hydroxylation is 1. The molecule has 0 aliphatic heterocycles. The summed E-state index contributed by atoms with van der Waals surface area (Å²) in [6, 6.07) is 4.16. The van der Waals surface area contributed by atoms with Crippen LogP contribution >= 0.6 is 11.3 Å². The SMILES string of the molecule is CCc1ccc(CNC(=O)CCNC(=O)[C@@H]2C[C@H]2C)s1. The van der Waals surface area contributed by atoms with Crippen molar-refractivity contribution in [1.82, 2.24) is 10.6 Å². The third-order valence-corrected chi connectivity index (χ3v) is 4.85. The zero-order valence-corrected chi connectivity index (χ0v) is 12.9. The Labute approximate surface area is 124 Å². The van der Waals surface area contributed by atoms with Crippen LogP contribution in [0.4, 0.5) is 0 Å². The van der Waals surface area contributed by atoms with Crippen molar-refractivity contribution in [2.75, 3.05) is 6.54 Å². The van der Waals surface area contributed by atoms with E-state index in [-0.39, 0.29) is 17.7 Å². The predicted octanol–water partition coefficient (Wildman–Crippen LogP) is 2.09.